The number of carbonyl (C=O) groups excluding carboxylic acids is 1. The summed E-state index contributed by atoms with van der Waals surface area (Å²) in [5.74, 6) is 1.82. The van der Waals surface area contributed by atoms with Crippen LogP contribution in [0.5, 0.6) is 0 Å². The quantitative estimate of drug-likeness (QED) is 0.202. The molecule has 10 atom stereocenters. The topological polar surface area (TPSA) is 88.5 Å². The first kappa shape index (κ1) is 41.2. The second kappa shape index (κ2) is 17.1. The average molecular weight is 699 g/mol. The first-order valence-electron chi connectivity index (χ1n) is 19.8. The van der Waals surface area contributed by atoms with E-state index in [1.165, 1.54) is 31.2 Å². The third-order valence-electron chi connectivity index (χ3n) is 13.8. The lowest BCUT2D eigenvalue weighted by Crippen LogP contribution is -2.56. The molecule has 1 heterocycles. The Morgan fingerprint density at radius 2 is 1.74 bits per heavy atom. The van der Waals surface area contributed by atoms with Gasteiger partial charge in [0.15, 0.2) is 0 Å². The Morgan fingerprint density at radius 3 is 2.32 bits per heavy atom. The molecule has 0 bridgehead atoms. The van der Waals surface area contributed by atoms with Crippen LogP contribution >= 0.6 is 0 Å². The lowest BCUT2D eigenvalue weighted by Gasteiger charge is -2.50. The van der Waals surface area contributed by atoms with Gasteiger partial charge in [-0.25, -0.2) is 0 Å². The minimum atomic E-state index is -0.817. The van der Waals surface area contributed by atoms with Gasteiger partial charge in [-0.3, -0.25) is 14.5 Å². The summed E-state index contributed by atoms with van der Waals surface area (Å²) in [7, 11) is 4.38. The van der Waals surface area contributed by atoms with Crippen molar-refractivity contribution in [1.29, 1.82) is 0 Å². The fourth-order valence-corrected chi connectivity index (χ4v) is 9.33. The maximum atomic E-state index is 14.3. The number of nitrogens with zero attached hydrogens (tertiary/aromatic N) is 3. The zero-order valence-electron chi connectivity index (χ0n) is 33.8. The normalized spacial score (nSPS) is 31.3. The largest absolute Gasteiger partial charge is 0.394 e. The summed E-state index contributed by atoms with van der Waals surface area (Å²) < 4.78 is 0. The predicted molar refractivity (Wildman–Crippen MR) is 204 cm³/mol. The van der Waals surface area contributed by atoms with Crippen molar-refractivity contribution in [2.24, 2.45) is 46.3 Å². The minimum Gasteiger partial charge on any atom is -0.394 e. The lowest BCUT2D eigenvalue weighted by atomic mass is 9.58. The Morgan fingerprint density at radius 1 is 1.10 bits per heavy atom. The molecule has 2 saturated carbocycles. The molecule has 1 aromatic rings. The number of rotatable bonds is 14. The molecule has 4 rings (SSSR count). The number of aliphatic hydroxyl groups excluding tert-OH is 2. The van der Waals surface area contributed by atoms with Gasteiger partial charge in [0.2, 0.25) is 5.91 Å². The molecule has 1 aliphatic heterocycles. The Labute approximate surface area is 305 Å². The first-order chi connectivity index (χ1) is 23.3. The Hall–Kier alpha value is -1.55. The number of nitrogens with one attached hydrogen (secondary N) is 1. The third kappa shape index (κ3) is 9.70. The maximum Gasteiger partial charge on any atom is 0.240 e. The second-order valence-electron chi connectivity index (χ2n) is 18.8. The van der Waals surface area contributed by atoms with Crippen LogP contribution in [-0.4, -0.2) is 95.1 Å². The van der Waals surface area contributed by atoms with Gasteiger partial charge in [0.25, 0.3) is 0 Å². The number of aliphatic hydroxyl groups is 2. The molecule has 1 saturated heterocycles. The summed E-state index contributed by atoms with van der Waals surface area (Å²) >= 11 is 0. The van der Waals surface area contributed by atoms with Crippen LogP contribution in [-0.2, 0) is 22.7 Å². The Balaban J connectivity index is 1.58. The molecule has 8 heteroatoms. The van der Waals surface area contributed by atoms with Gasteiger partial charge < -0.3 is 20.4 Å². The van der Waals surface area contributed by atoms with E-state index in [-0.39, 0.29) is 29.4 Å². The van der Waals surface area contributed by atoms with Gasteiger partial charge in [-0.15, -0.1) is 0 Å². The van der Waals surface area contributed by atoms with Crippen molar-refractivity contribution in [1.82, 2.24) is 20.2 Å². The zero-order valence-corrected chi connectivity index (χ0v) is 33.8. The first-order valence-corrected chi connectivity index (χ1v) is 19.8. The van der Waals surface area contributed by atoms with Gasteiger partial charge in [0.1, 0.15) is 12.1 Å². The number of carbonyl (C=O) groups is 1. The second-order valence-corrected chi connectivity index (χ2v) is 18.8. The summed E-state index contributed by atoms with van der Waals surface area (Å²) in [6.07, 6.45) is 4.76. The van der Waals surface area contributed by atoms with E-state index in [9.17, 15) is 15.0 Å². The van der Waals surface area contributed by atoms with Crippen molar-refractivity contribution < 1.29 is 19.8 Å². The van der Waals surface area contributed by atoms with Gasteiger partial charge in [-0.1, -0.05) is 99.4 Å². The Kier molecular flexibility index (Phi) is 14.1. The number of hydrogen-bond acceptors (Lipinski definition) is 7. The van der Waals surface area contributed by atoms with Crippen molar-refractivity contribution in [3.8, 4) is 0 Å². The molecule has 0 spiro atoms. The number of likely N-dealkylation sites (N-methyl/N-ethyl adjacent to an activating group) is 1. The molecular formula is C42H74N4O4. The van der Waals surface area contributed by atoms with Crippen LogP contribution in [0.1, 0.15) is 112 Å². The van der Waals surface area contributed by atoms with Crippen LogP contribution < -0.4 is 5.32 Å². The molecule has 2 aliphatic carbocycles. The molecule has 3 fully saturated rings. The highest BCUT2D eigenvalue weighted by Crippen LogP contribution is 2.47. The summed E-state index contributed by atoms with van der Waals surface area (Å²) in [4.78, 5) is 25.7. The molecule has 8 nitrogen and oxygen atoms in total. The molecule has 3 aliphatic rings. The fourth-order valence-electron chi connectivity index (χ4n) is 9.33. The highest BCUT2D eigenvalue weighted by atomic mass is 16.7. The summed E-state index contributed by atoms with van der Waals surface area (Å²) in [6, 6.07) is 8.49. The molecule has 1 unspecified atom stereocenters. The van der Waals surface area contributed by atoms with E-state index in [1.807, 2.05) is 0 Å². The standard InChI is InChI=1S/C42H74N4O4/c1-27-20-35(28(2)29(3)42(27,9)10)43-40(49)39-38(31(5)48)37(26-47)50-46(39)24-34-19-15-18-33(21-34)23-45(22-32-16-13-14-17-32)36(25-44(11)12)30(4)41(6,7)8/h15,18-19,21,27-32,35-39,47-48H,13-14,16-17,20,22-26H2,1-12H3,(H,43,49)/t27-,28+,29+,30?,31+,35+,36-,37+,38-,39+/m1/s1. The molecule has 50 heavy (non-hydrogen) atoms. The van der Waals surface area contributed by atoms with Crippen LogP contribution in [0.2, 0.25) is 0 Å². The van der Waals surface area contributed by atoms with Crippen molar-refractivity contribution in [2.45, 2.75) is 145 Å². The fraction of sp³-hybridized carbons (Fsp3) is 0.833. The van der Waals surface area contributed by atoms with Gasteiger partial charge in [-0.2, -0.15) is 5.06 Å². The molecule has 286 valence electrons. The van der Waals surface area contributed by atoms with Crippen molar-refractivity contribution in [3.05, 3.63) is 35.4 Å². The number of hydrogen-bond donors (Lipinski definition) is 3. The van der Waals surface area contributed by atoms with Gasteiger partial charge in [0.05, 0.1) is 19.3 Å². The number of benzene rings is 1. The molecule has 0 radical (unpaired) electrons. The predicted octanol–water partition coefficient (Wildman–Crippen LogP) is 6.59. The van der Waals surface area contributed by atoms with Gasteiger partial charge >= 0.3 is 0 Å². The number of amides is 1. The summed E-state index contributed by atoms with van der Waals surface area (Å²) in [5.41, 5.74) is 2.71. The summed E-state index contributed by atoms with van der Waals surface area (Å²) in [6.45, 7) is 25.9. The van der Waals surface area contributed by atoms with E-state index < -0.39 is 24.2 Å². The van der Waals surface area contributed by atoms with Crippen LogP contribution in [0.3, 0.4) is 0 Å². The number of hydroxylamine groups is 2. The SMILES string of the molecule is CC([C@@H](CN(C)C)N(Cc1cccc(CN2O[C@@H](CO)[C@@H]([C@H](C)O)[C@H]2C(=O)N[C@H]2C[C@@H](C)C(C)(C)[C@@H](C)[C@@H]2C)c1)CC1CCCC1)C(C)(C)C. The molecular weight excluding hydrogens is 624 g/mol. The van der Waals surface area contributed by atoms with Crippen LogP contribution in [0, 0.1) is 46.3 Å². The lowest BCUT2D eigenvalue weighted by molar-refractivity contribution is -0.182. The highest BCUT2D eigenvalue weighted by Gasteiger charge is 2.51. The Bertz CT molecular complexity index is 1220. The van der Waals surface area contributed by atoms with Crippen molar-refractivity contribution in [2.75, 3.05) is 33.8 Å². The van der Waals surface area contributed by atoms with Gasteiger partial charge in [0, 0.05) is 37.6 Å². The van der Waals surface area contributed by atoms with E-state index in [0.717, 1.165) is 37.5 Å². The third-order valence-corrected chi connectivity index (χ3v) is 13.8. The van der Waals surface area contributed by atoms with Crippen LogP contribution in [0.25, 0.3) is 0 Å². The van der Waals surface area contributed by atoms with Crippen molar-refractivity contribution >= 4 is 5.91 Å². The van der Waals surface area contributed by atoms with Crippen molar-refractivity contribution in [3.63, 3.8) is 0 Å². The maximum absolute atomic E-state index is 14.3. The highest BCUT2D eigenvalue weighted by molar-refractivity contribution is 5.82. The van der Waals surface area contributed by atoms with E-state index >= 15 is 0 Å². The monoisotopic (exact) mass is 699 g/mol. The van der Waals surface area contributed by atoms with Crippen LogP contribution in [0.15, 0.2) is 24.3 Å². The van der Waals surface area contributed by atoms with Gasteiger partial charge in [-0.05, 0) is 91.8 Å². The average Bonchev–Trinajstić information content (AvgIpc) is 3.68. The minimum absolute atomic E-state index is 0.0463. The molecule has 0 aromatic heterocycles. The van der Waals surface area contributed by atoms with E-state index in [4.69, 9.17) is 4.84 Å². The van der Waals surface area contributed by atoms with E-state index in [0.29, 0.717) is 36.3 Å². The van der Waals surface area contributed by atoms with Crippen LogP contribution in [0.4, 0.5) is 0 Å². The molecule has 3 N–H and O–H groups in total. The molecule has 1 aromatic carbocycles. The van der Waals surface area contributed by atoms with E-state index in [1.54, 1.807) is 12.0 Å². The van der Waals surface area contributed by atoms with E-state index in [2.05, 4.69) is 116 Å². The summed E-state index contributed by atoms with van der Waals surface area (Å²) in [5, 5.41) is 26.4. The smallest absolute Gasteiger partial charge is 0.240 e. The molecule has 1 amide bonds. The zero-order chi connectivity index (χ0) is 37.1.